The van der Waals surface area contributed by atoms with Crippen molar-refractivity contribution in [3.63, 3.8) is 0 Å². The highest BCUT2D eigenvalue weighted by Crippen LogP contribution is 2.45. The first kappa shape index (κ1) is 14.6. The van der Waals surface area contributed by atoms with Gasteiger partial charge in [0, 0.05) is 13.1 Å². The van der Waals surface area contributed by atoms with Crippen molar-refractivity contribution in [3.05, 3.63) is 35.9 Å². The summed E-state index contributed by atoms with van der Waals surface area (Å²) in [7, 11) is -1.21. The van der Waals surface area contributed by atoms with Gasteiger partial charge < -0.3 is 4.90 Å². The van der Waals surface area contributed by atoms with E-state index >= 15 is 0 Å². The van der Waals surface area contributed by atoms with E-state index < -0.39 is 15.3 Å². The zero-order valence-corrected chi connectivity index (χ0v) is 13.1. The summed E-state index contributed by atoms with van der Waals surface area (Å²) in [4.78, 5) is 14.7. The van der Waals surface area contributed by atoms with Crippen molar-refractivity contribution in [2.75, 3.05) is 18.6 Å². The summed E-state index contributed by atoms with van der Waals surface area (Å²) in [6, 6.07) is 9.73. The molecule has 1 unspecified atom stereocenters. The zero-order valence-electron chi connectivity index (χ0n) is 12.3. The second-order valence-corrected chi connectivity index (χ2v) is 8.50. The molecule has 114 valence electrons. The van der Waals surface area contributed by atoms with Gasteiger partial charge >= 0.3 is 0 Å². The SMILES string of the molecule is CN(C(=O)C1(c2ccccc2)CCC1)C1CCS(=O)(=O)C1. The van der Waals surface area contributed by atoms with Crippen molar-refractivity contribution in [2.24, 2.45) is 0 Å². The lowest BCUT2D eigenvalue weighted by molar-refractivity contribution is -0.141. The number of carbonyl (C=O) groups excluding carboxylic acids is 1. The van der Waals surface area contributed by atoms with Crippen LogP contribution in [0.5, 0.6) is 0 Å². The molecule has 1 saturated heterocycles. The highest BCUT2D eigenvalue weighted by molar-refractivity contribution is 7.91. The average Bonchev–Trinajstić information content (AvgIpc) is 2.78. The van der Waals surface area contributed by atoms with E-state index in [-0.39, 0.29) is 23.5 Å². The number of carbonyl (C=O) groups is 1. The first-order chi connectivity index (χ1) is 9.95. The Balaban J connectivity index is 1.83. The Bertz CT molecular complexity index is 635. The molecule has 1 atom stereocenters. The van der Waals surface area contributed by atoms with Gasteiger partial charge in [-0.3, -0.25) is 4.79 Å². The Morgan fingerprint density at radius 2 is 1.90 bits per heavy atom. The fraction of sp³-hybridized carbons (Fsp3) is 0.562. The van der Waals surface area contributed by atoms with Crippen molar-refractivity contribution in [1.82, 2.24) is 4.90 Å². The molecule has 0 N–H and O–H groups in total. The Labute approximate surface area is 126 Å². The fourth-order valence-corrected chi connectivity index (χ4v) is 5.27. The van der Waals surface area contributed by atoms with Gasteiger partial charge in [0.1, 0.15) is 0 Å². The third-order valence-electron chi connectivity index (χ3n) is 5.02. The second-order valence-electron chi connectivity index (χ2n) is 6.27. The summed E-state index contributed by atoms with van der Waals surface area (Å²) in [5.74, 6) is 0.398. The Morgan fingerprint density at radius 3 is 2.38 bits per heavy atom. The number of hydrogen-bond acceptors (Lipinski definition) is 3. The molecule has 1 aliphatic carbocycles. The molecule has 3 rings (SSSR count). The van der Waals surface area contributed by atoms with Crippen LogP contribution in [-0.4, -0.2) is 43.8 Å². The van der Waals surface area contributed by atoms with Crippen LogP contribution in [0.15, 0.2) is 30.3 Å². The lowest BCUT2D eigenvalue weighted by Gasteiger charge is -2.44. The molecule has 1 aromatic rings. The van der Waals surface area contributed by atoms with E-state index in [2.05, 4.69) is 0 Å². The molecule has 1 heterocycles. The lowest BCUT2D eigenvalue weighted by atomic mass is 9.63. The zero-order chi connectivity index (χ0) is 15.1. The average molecular weight is 307 g/mol. The topological polar surface area (TPSA) is 54.5 Å². The first-order valence-corrected chi connectivity index (χ1v) is 9.30. The molecule has 1 amide bonds. The molecule has 0 bridgehead atoms. The van der Waals surface area contributed by atoms with Gasteiger partial charge in [-0.15, -0.1) is 0 Å². The van der Waals surface area contributed by atoms with Crippen LogP contribution in [0.4, 0.5) is 0 Å². The number of likely N-dealkylation sites (N-methyl/N-ethyl adjacent to an activating group) is 1. The molecule has 2 aliphatic rings. The molecule has 1 aliphatic heterocycles. The number of nitrogens with zero attached hydrogens (tertiary/aromatic N) is 1. The molecular formula is C16H21NO3S. The Morgan fingerprint density at radius 1 is 1.24 bits per heavy atom. The largest absolute Gasteiger partial charge is 0.341 e. The molecule has 4 nitrogen and oxygen atoms in total. The molecule has 0 spiro atoms. The van der Waals surface area contributed by atoms with E-state index in [0.29, 0.717) is 6.42 Å². The van der Waals surface area contributed by atoms with Crippen LogP contribution >= 0.6 is 0 Å². The third kappa shape index (κ3) is 2.48. The van der Waals surface area contributed by atoms with E-state index in [1.165, 1.54) is 0 Å². The number of sulfone groups is 1. The van der Waals surface area contributed by atoms with Crippen LogP contribution in [0, 0.1) is 0 Å². The van der Waals surface area contributed by atoms with Crippen molar-refractivity contribution < 1.29 is 13.2 Å². The Kier molecular flexibility index (Phi) is 3.56. The minimum atomic E-state index is -2.97. The smallest absolute Gasteiger partial charge is 0.233 e. The Hall–Kier alpha value is -1.36. The van der Waals surface area contributed by atoms with Crippen LogP contribution in [0.2, 0.25) is 0 Å². The van der Waals surface area contributed by atoms with E-state index in [9.17, 15) is 13.2 Å². The molecular weight excluding hydrogens is 286 g/mol. The van der Waals surface area contributed by atoms with Gasteiger partial charge in [0.15, 0.2) is 9.84 Å². The van der Waals surface area contributed by atoms with Crippen LogP contribution in [0.1, 0.15) is 31.2 Å². The summed E-state index contributed by atoms with van der Waals surface area (Å²) in [6.45, 7) is 0. The maximum Gasteiger partial charge on any atom is 0.233 e. The van der Waals surface area contributed by atoms with Crippen LogP contribution in [-0.2, 0) is 20.0 Å². The number of amides is 1. The van der Waals surface area contributed by atoms with Crippen molar-refractivity contribution in [3.8, 4) is 0 Å². The number of benzene rings is 1. The molecule has 0 radical (unpaired) electrons. The lowest BCUT2D eigenvalue weighted by Crippen LogP contribution is -2.53. The molecule has 2 fully saturated rings. The van der Waals surface area contributed by atoms with Crippen LogP contribution < -0.4 is 0 Å². The molecule has 21 heavy (non-hydrogen) atoms. The van der Waals surface area contributed by atoms with E-state index in [4.69, 9.17) is 0 Å². The molecule has 0 aromatic heterocycles. The summed E-state index contributed by atoms with van der Waals surface area (Å²) in [5.41, 5.74) is 0.636. The van der Waals surface area contributed by atoms with Crippen LogP contribution in [0.25, 0.3) is 0 Å². The normalized spacial score (nSPS) is 26.0. The van der Waals surface area contributed by atoms with E-state index in [0.717, 1.165) is 24.8 Å². The first-order valence-electron chi connectivity index (χ1n) is 7.48. The second kappa shape index (κ2) is 5.13. The summed E-state index contributed by atoms with van der Waals surface area (Å²) < 4.78 is 23.3. The van der Waals surface area contributed by atoms with Gasteiger partial charge in [0.2, 0.25) is 5.91 Å². The minimum Gasteiger partial charge on any atom is -0.341 e. The molecule has 5 heteroatoms. The monoisotopic (exact) mass is 307 g/mol. The predicted octanol–water partition coefficient (Wildman–Crippen LogP) is 1.75. The highest BCUT2D eigenvalue weighted by atomic mass is 32.2. The summed E-state index contributed by atoms with van der Waals surface area (Å²) in [6.07, 6.45) is 3.34. The number of rotatable bonds is 3. The van der Waals surface area contributed by atoms with Gasteiger partial charge in [0.05, 0.1) is 16.9 Å². The van der Waals surface area contributed by atoms with Gasteiger partial charge in [0.25, 0.3) is 0 Å². The maximum absolute atomic E-state index is 13.0. The van der Waals surface area contributed by atoms with Crippen molar-refractivity contribution in [2.45, 2.75) is 37.1 Å². The van der Waals surface area contributed by atoms with Gasteiger partial charge in [-0.05, 0) is 24.8 Å². The minimum absolute atomic E-state index is 0.0852. The van der Waals surface area contributed by atoms with Gasteiger partial charge in [-0.2, -0.15) is 0 Å². The van der Waals surface area contributed by atoms with Gasteiger partial charge in [-0.25, -0.2) is 8.42 Å². The molecule has 1 saturated carbocycles. The third-order valence-corrected chi connectivity index (χ3v) is 6.77. The number of hydrogen-bond donors (Lipinski definition) is 0. The van der Waals surface area contributed by atoms with Gasteiger partial charge in [-0.1, -0.05) is 36.8 Å². The highest BCUT2D eigenvalue weighted by Gasteiger charge is 2.48. The summed E-state index contributed by atoms with van der Waals surface area (Å²) in [5, 5.41) is 0. The van der Waals surface area contributed by atoms with E-state index in [1.807, 2.05) is 30.3 Å². The predicted molar refractivity (Wildman–Crippen MR) is 81.8 cm³/mol. The van der Waals surface area contributed by atoms with Crippen molar-refractivity contribution in [1.29, 1.82) is 0 Å². The maximum atomic E-state index is 13.0. The standard InChI is InChI=1S/C16H21NO3S/c1-17(14-8-11-21(19,20)12-14)15(18)16(9-5-10-16)13-6-3-2-4-7-13/h2-4,6-7,14H,5,8-12H2,1H3. The quantitative estimate of drug-likeness (QED) is 0.855. The summed E-state index contributed by atoms with van der Waals surface area (Å²) >= 11 is 0. The van der Waals surface area contributed by atoms with Crippen LogP contribution in [0.3, 0.4) is 0 Å². The fourth-order valence-electron chi connectivity index (χ4n) is 3.50. The van der Waals surface area contributed by atoms with E-state index in [1.54, 1.807) is 11.9 Å². The molecule has 1 aromatic carbocycles. The van der Waals surface area contributed by atoms with Crippen molar-refractivity contribution >= 4 is 15.7 Å².